The molecule has 0 radical (unpaired) electrons. The maximum Gasteiger partial charge on any atom is 0.326 e. The molecule has 19 heteroatoms. The van der Waals surface area contributed by atoms with Crippen LogP contribution in [0, 0.1) is 11.8 Å². The number of nitrogens with two attached hydrogens (primary N) is 1. The maximum absolute atomic E-state index is 14.5. The van der Waals surface area contributed by atoms with E-state index in [9.17, 15) is 48.6 Å². The molecule has 0 aliphatic carbocycles. The van der Waals surface area contributed by atoms with E-state index in [-0.39, 0.29) is 31.9 Å². The molecule has 10 N–H and O–H groups in total. The summed E-state index contributed by atoms with van der Waals surface area (Å²) in [5.74, 6) is -7.57. The van der Waals surface area contributed by atoms with Crippen molar-refractivity contribution in [2.75, 3.05) is 13.1 Å². The standard InChI is InChI=1S/C45H64N8O11/c1-6-26(4)36(45(62)63)51-39(56)27(5)48-43(60)33(20-25(2)3)53-23-34(64-24-29-16-11-8-12-17-29)38(55)37(44(53)61)52-42(59)32(22-35(46)54)50-41(58)31(21-28-14-9-7-10-15-28)49-40(57)30-18-13-19-47-30/h7-12,14-17,25-27,30-34,36-38,47,55H,6,13,18-24H2,1-5H3,(H2,46,54)(H,48,60)(H,49,57)(H,50,58)(H,51,56)(H,52,59)(H,62,63)/t26-,27-,30-,31-,32-,33-,34+,36-,37-,38+/m0/s1. The number of hydrogen-bond acceptors (Lipinski definition) is 11. The van der Waals surface area contributed by atoms with Gasteiger partial charge in [0.1, 0.15) is 48.5 Å². The monoisotopic (exact) mass is 892 g/mol. The molecule has 0 bridgehead atoms. The van der Waals surface area contributed by atoms with Gasteiger partial charge in [0.25, 0.3) is 0 Å². The molecule has 10 atom stereocenters. The van der Waals surface area contributed by atoms with E-state index in [0.29, 0.717) is 24.9 Å². The second-order valence-corrected chi connectivity index (χ2v) is 17.0. The van der Waals surface area contributed by atoms with E-state index in [2.05, 4.69) is 31.9 Å². The zero-order valence-corrected chi connectivity index (χ0v) is 37.1. The van der Waals surface area contributed by atoms with Crippen molar-refractivity contribution in [3.05, 3.63) is 71.8 Å². The van der Waals surface area contributed by atoms with E-state index in [0.717, 1.165) is 16.9 Å². The van der Waals surface area contributed by atoms with Crippen LogP contribution in [0.15, 0.2) is 60.7 Å². The lowest BCUT2D eigenvalue weighted by atomic mass is 9.93. The van der Waals surface area contributed by atoms with Crippen molar-refractivity contribution in [3.63, 3.8) is 0 Å². The highest BCUT2D eigenvalue weighted by Gasteiger charge is 2.48. The lowest BCUT2D eigenvalue weighted by Crippen LogP contribution is -2.69. The molecule has 2 aromatic rings. The van der Waals surface area contributed by atoms with Gasteiger partial charge >= 0.3 is 5.97 Å². The molecule has 2 saturated heterocycles. The molecule has 64 heavy (non-hydrogen) atoms. The van der Waals surface area contributed by atoms with Crippen molar-refractivity contribution in [1.82, 2.24) is 36.8 Å². The minimum absolute atomic E-state index is 0.0306. The molecular formula is C45H64N8O11. The van der Waals surface area contributed by atoms with Gasteiger partial charge in [-0.15, -0.1) is 0 Å². The summed E-state index contributed by atoms with van der Waals surface area (Å²) in [5, 5.41) is 37.4. The van der Waals surface area contributed by atoms with Crippen LogP contribution >= 0.6 is 0 Å². The molecule has 0 spiro atoms. The molecule has 0 unspecified atom stereocenters. The van der Waals surface area contributed by atoms with Crippen molar-refractivity contribution in [2.24, 2.45) is 17.6 Å². The van der Waals surface area contributed by atoms with Crippen LogP contribution < -0.4 is 37.6 Å². The molecule has 2 aliphatic heterocycles. The predicted molar refractivity (Wildman–Crippen MR) is 233 cm³/mol. The summed E-state index contributed by atoms with van der Waals surface area (Å²) >= 11 is 0. The third kappa shape index (κ3) is 14.6. The number of nitrogens with one attached hydrogen (secondary N) is 6. The van der Waals surface area contributed by atoms with Gasteiger partial charge in [0, 0.05) is 6.42 Å². The molecule has 19 nitrogen and oxygen atoms in total. The van der Waals surface area contributed by atoms with Crippen molar-refractivity contribution in [3.8, 4) is 0 Å². The van der Waals surface area contributed by atoms with Gasteiger partial charge in [-0.25, -0.2) is 4.79 Å². The Balaban J connectivity index is 1.62. The first-order chi connectivity index (χ1) is 30.4. The Kier molecular flexibility index (Phi) is 19.2. The molecule has 4 rings (SSSR count). The zero-order chi connectivity index (χ0) is 47.1. The Bertz CT molecular complexity index is 1930. The highest BCUT2D eigenvalue weighted by atomic mass is 16.5. The van der Waals surface area contributed by atoms with E-state index in [1.807, 2.05) is 0 Å². The van der Waals surface area contributed by atoms with Crippen LogP contribution in [0.2, 0.25) is 0 Å². The number of aliphatic carboxylic acids is 1. The Morgan fingerprint density at radius 3 is 2.05 bits per heavy atom. The highest BCUT2D eigenvalue weighted by molar-refractivity contribution is 5.99. The topological polar surface area (TPSA) is 288 Å². The van der Waals surface area contributed by atoms with Crippen molar-refractivity contribution in [2.45, 2.75) is 134 Å². The number of rotatable bonds is 23. The summed E-state index contributed by atoms with van der Waals surface area (Å²) in [5.41, 5.74) is 6.96. The number of benzene rings is 2. The van der Waals surface area contributed by atoms with Crippen LogP contribution in [0.4, 0.5) is 0 Å². The predicted octanol–water partition coefficient (Wildman–Crippen LogP) is -0.366. The molecular weight excluding hydrogens is 829 g/mol. The molecule has 2 aliphatic rings. The lowest BCUT2D eigenvalue weighted by molar-refractivity contribution is -0.165. The molecule has 2 fully saturated rings. The molecule has 0 saturated carbocycles. The number of hydrogen-bond donors (Lipinski definition) is 9. The smallest absolute Gasteiger partial charge is 0.326 e. The molecule has 350 valence electrons. The fourth-order valence-corrected chi connectivity index (χ4v) is 7.62. The number of nitrogens with zero attached hydrogens (tertiary/aromatic N) is 1. The van der Waals surface area contributed by atoms with E-state index < -0.39 is 114 Å². The van der Waals surface area contributed by atoms with Gasteiger partial charge in [-0.2, -0.15) is 0 Å². The maximum atomic E-state index is 14.5. The summed E-state index contributed by atoms with van der Waals surface area (Å²) in [7, 11) is 0. The number of piperidine rings is 1. The van der Waals surface area contributed by atoms with E-state index in [1.165, 1.54) is 6.92 Å². The fourth-order valence-electron chi connectivity index (χ4n) is 7.62. The third-order valence-electron chi connectivity index (χ3n) is 11.5. The largest absolute Gasteiger partial charge is 0.480 e. The van der Waals surface area contributed by atoms with Gasteiger partial charge in [-0.05, 0) is 55.7 Å². The second kappa shape index (κ2) is 24.2. The average molecular weight is 893 g/mol. The number of ether oxygens (including phenoxy) is 1. The number of likely N-dealkylation sites (tertiary alicyclic amines) is 1. The van der Waals surface area contributed by atoms with E-state index >= 15 is 0 Å². The first-order valence-corrected chi connectivity index (χ1v) is 21.8. The Morgan fingerprint density at radius 1 is 0.844 bits per heavy atom. The summed E-state index contributed by atoms with van der Waals surface area (Å²) in [4.78, 5) is 109. The van der Waals surface area contributed by atoms with Crippen molar-refractivity contribution in [1.29, 1.82) is 0 Å². The van der Waals surface area contributed by atoms with E-state index in [4.69, 9.17) is 10.5 Å². The first kappa shape index (κ1) is 50.7. The quantitative estimate of drug-likeness (QED) is 0.0692. The minimum Gasteiger partial charge on any atom is -0.480 e. The zero-order valence-electron chi connectivity index (χ0n) is 37.1. The fraction of sp³-hybridized carbons (Fsp3) is 0.556. The van der Waals surface area contributed by atoms with Crippen molar-refractivity contribution < 1.29 is 53.3 Å². The summed E-state index contributed by atoms with van der Waals surface area (Å²) < 4.78 is 6.15. The molecule has 2 aromatic carbocycles. The summed E-state index contributed by atoms with van der Waals surface area (Å²) in [6, 6.07) is 8.86. The van der Waals surface area contributed by atoms with Gasteiger partial charge in [0.15, 0.2) is 0 Å². The Hall–Kier alpha value is -5.92. The number of aliphatic hydroxyl groups is 1. The number of aliphatic hydroxyl groups excluding tert-OH is 1. The van der Waals surface area contributed by atoms with Gasteiger partial charge < -0.3 is 57.5 Å². The third-order valence-corrected chi connectivity index (χ3v) is 11.5. The van der Waals surface area contributed by atoms with Gasteiger partial charge in [-0.3, -0.25) is 33.6 Å². The van der Waals surface area contributed by atoms with Crippen LogP contribution in [-0.2, 0) is 56.1 Å². The Labute approximate surface area is 373 Å². The number of primary amides is 1. The normalized spacial score (nSPS) is 21.4. The SMILES string of the molecule is CC[C@H](C)[C@H](NC(=O)[C@H](C)NC(=O)[C@H](CC(C)C)N1C[C@@H](OCc2ccccc2)[C@@H](O)[C@H](NC(=O)[C@H](CC(N)=O)NC(=O)[C@H](Cc2ccccc2)NC(=O)[C@@H]2CCCN2)C1=O)C(=O)O. The van der Waals surface area contributed by atoms with Crippen LogP contribution in [0.1, 0.15) is 77.8 Å². The van der Waals surface area contributed by atoms with Crippen LogP contribution in [0.25, 0.3) is 0 Å². The van der Waals surface area contributed by atoms with Gasteiger partial charge in [0.2, 0.25) is 41.4 Å². The summed E-state index contributed by atoms with van der Waals surface area (Å²) in [6.07, 6.45) is -1.74. The molecule has 7 amide bonds. The van der Waals surface area contributed by atoms with Crippen LogP contribution in [-0.4, -0.2) is 130 Å². The van der Waals surface area contributed by atoms with Crippen LogP contribution in [0.3, 0.4) is 0 Å². The number of carboxylic acids is 1. The number of carbonyl (C=O) groups is 8. The van der Waals surface area contributed by atoms with Crippen molar-refractivity contribution >= 4 is 47.3 Å². The lowest BCUT2D eigenvalue weighted by Gasteiger charge is -2.44. The average Bonchev–Trinajstić information content (AvgIpc) is 3.81. The highest BCUT2D eigenvalue weighted by Crippen LogP contribution is 2.24. The van der Waals surface area contributed by atoms with Gasteiger partial charge in [0.05, 0.1) is 25.6 Å². The number of amides is 7. The second-order valence-electron chi connectivity index (χ2n) is 17.0. The first-order valence-electron chi connectivity index (χ1n) is 21.8. The number of carbonyl (C=O) groups excluding carboxylic acids is 7. The van der Waals surface area contributed by atoms with Crippen LogP contribution in [0.5, 0.6) is 0 Å². The summed E-state index contributed by atoms with van der Waals surface area (Å²) in [6.45, 7) is 8.71. The Morgan fingerprint density at radius 2 is 1.48 bits per heavy atom. The van der Waals surface area contributed by atoms with Gasteiger partial charge in [-0.1, -0.05) is 94.8 Å². The molecule has 0 aromatic heterocycles. The number of carboxylic acid groups (broad SMARTS) is 1. The van der Waals surface area contributed by atoms with E-state index in [1.54, 1.807) is 88.4 Å². The minimum atomic E-state index is -1.78. The molecule has 2 heterocycles.